The molecule has 1 atom stereocenters. The fraction of sp³-hybridized carbons (Fsp3) is 0.375. The smallest absolute Gasteiger partial charge is 0.264 e. The maximum Gasteiger partial charge on any atom is 0.264 e. The number of benzene rings is 3. The molecule has 1 N–H and O–H groups in total. The topological polar surface area (TPSA) is 96.0 Å². The van der Waals surface area contributed by atoms with Gasteiger partial charge in [0.25, 0.3) is 10.0 Å². The Balaban J connectivity index is 2.05. The number of aryl methyl sites for hydroxylation is 1. The van der Waals surface area contributed by atoms with E-state index in [2.05, 4.69) is 5.32 Å². The van der Waals surface area contributed by atoms with Crippen molar-refractivity contribution < 1.29 is 22.7 Å². The van der Waals surface area contributed by atoms with Crippen LogP contribution in [0, 0.1) is 6.92 Å². The number of carbonyl (C=O) groups is 2. The first-order valence-corrected chi connectivity index (χ1v) is 16.5. The Kier molecular flexibility index (Phi) is 11.1. The molecule has 0 aromatic heterocycles. The van der Waals surface area contributed by atoms with Crippen molar-refractivity contribution in [1.29, 1.82) is 0 Å². The highest BCUT2D eigenvalue weighted by molar-refractivity contribution is 7.98. The third-order valence-electron chi connectivity index (χ3n) is 6.46. The summed E-state index contributed by atoms with van der Waals surface area (Å²) in [4.78, 5) is 29.7. The van der Waals surface area contributed by atoms with Crippen molar-refractivity contribution in [3.63, 3.8) is 0 Å². The molecular weight excluding hydrogens is 571 g/mol. The predicted molar refractivity (Wildman–Crippen MR) is 169 cm³/mol. The number of thioether (sulfide) groups is 1. The zero-order chi connectivity index (χ0) is 31.1. The van der Waals surface area contributed by atoms with Gasteiger partial charge in [0, 0.05) is 17.0 Å². The number of nitrogens with zero attached hydrogens (tertiary/aromatic N) is 2. The number of nitrogens with one attached hydrogen (secondary N) is 1. The van der Waals surface area contributed by atoms with Gasteiger partial charge >= 0.3 is 0 Å². The summed E-state index contributed by atoms with van der Waals surface area (Å²) in [6.45, 7) is 11.2. The first-order chi connectivity index (χ1) is 19.7. The van der Waals surface area contributed by atoms with E-state index in [0.717, 1.165) is 20.3 Å². The molecule has 3 rings (SSSR count). The SMILES string of the molecule is CCOc1ccc(N(CC(=O)N(Cc2cccc(C)c2)[C@H](C)C(=O)NC(C)(C)C)S(=O)(=O)c2ccc(SC)cc2)cc1. The van der Waals surface area contributed by atoms with E-state index in [4.69, 9.17) is 4.74 Å². The number of rotatable bonds is 12. The second-order valence-electron chi connectivity index (χ2n) is 11.0. The average Bonchev–Trinajstić information content (AvgIpc) is 2.94. The summed E-state index contributed by atoms with van der Waals surface area (Å²) in [6, 6.07) is 19.9. The Hall–Kier alpha value is -3.50. The molecule has 0 spiro atoms. The number of ether oxygens (including phenoxy) is 1. The fourth-order valence-corrected chi connectivity index (χ4v) is 6.17. The summed E-state index contributed by atoms with van der Waals surface area (Å²) in [7, 11) is -4.15. The Morgan fingerprint density at radius 3 is 2.19 bits per heavy atom. The van der Waals surface area contributed by atoms with Crippen molar-refractivity contribution >= 4 is 39.3 Å². The van der Waals surface area contributed by atoms with Crippen LogP contribution in [0.1, 0.15) is 45.7 Å². The highest BCUT2D eigenvalue weighted by Crippen LogP contribution is 2.28. The number of sulfonamides is 1. The number of anilines is 1. The van der Waals surface area contributed by atoms with E-state index in [1.807, 2.05) is 65.1 Å². The van der Waals surface area contributed by atoms with Gasteiger partial charge in [-0.05, 0) is 102 Å². The lowest BCUT2D eigenvalue weighted by Crippen LogP contribution is -2.54. The molecular formula is C32H41N3O5S2. The van der Waals surface area contributed by atoms with Gasteiger partial charge in [-0.15, -0.1) is 11.8 Å². The predicted octanol–water partition coefficient (Wildman–Crippen LogP) is 5.64. The molecule has 0 saturated carbocycles. The Morgan fingerprint density at radius 2 is 1.64 bits per heavy atom. The molecule has 0 heterocycles. The molecule has 42 heavy (non-hydrogen) atoms. The maximum absolute atomic E-state index is 14.1. The van der Waals surface area contributed by atoms with E-state index in [1.165, 1.54) is 28.8 Å². The molecule has 0 aliphatic rings. The maximum atomic E-state index is 14.1. The molecule has 0 fully saturated rings. The first-order valence-electron chi connectivity index (χ1n) is 13.8. The standard InChI is InChI=1S/C32H41N3O5S2/c1-8-40-27-14-12-26(13-15-27)35(42(38,39)29-18-16-28(41-7)17-19-29)22-30(36)34(21-25-11-9-10-23(2)20-25)24(3)31(37)33-32(4,5)6/h9-20,24H,8,21-22H2,1-7H3,(H,33,37)/t24-/m1/s1. The molecule has 0 bridgehead atoms. The molecule has 0 aliphatic heterocycles. The monoisotopic (exact) mass is 611 g/mol. The van der Waals surface area contributed by atoms with E-state index in [-0.39, 0.29) is 17.3 Å². The van der Waals surface area contributed by atoms with Crippen LogP contribution in [-0.2, 0) is 26.2 Å². The summed E-state index contributed by atoms with van der Waals surface area (Å²) in [5.74, 6) is -0.249. The van der Waals surface area contributed by atoms with Crippen LogP contribution < -0.4 is 14.4 Å². The number of hydrogen-bond donors (Lipinski definition) is 1. The van der Waals surface area contributed by atoms with Gasteiger partial charge in [-0.25, -0.2) is 8.42 Å². The molecule has 0 aliphatic carbocycles. The minimum Gasteiger partial charge on any atom is -0.494 e. The minimum absolute atomic E-state index is 0.0609. The van der Waals surface area contributed by atoms with Crippen molar-refractivity contribution in [3.8, 4) is 5.75 Å². The van der Waals surface area contributed by atoms with Gasteiger partial charge in [0.1, 0.15) is 18.3 Å². The third-order valence-corrected chi connectivity index (χ3v) is 8.99. The fourth-order valence-electron chi connectivity index (χ4n) is 4.34. The average molecular weight is 612 g/mol. The quantitative estimate of drug-likeness (QED) is 0.266. The summed E-state index contributed by atoms with van der Waals surface area (Å²) >= 11 is 1.50. The van der Waals surface area contributed by atoms with Gasteiger partial charge in [-0.2, -0.15) is 0 Å². The molecule has 0 unspecified atom stereocenters. The molecule has 2 amide bonds. The Labute approximate surface area is 254 Å². The lowest BCUT2D eigenvalue weighted by molar-refractivity contribution is -0.140. The molecule has 3 aromatic rings. The van der Waals surface area contributed by atoms with Gasteiger partial charge in [-0.3, -0.25) is 13.9 Å². The van der Waals surface area contributed by atoms with Gasteiger partial charge in [-0.1, -0.05) is 29.8 Å². The van der Waals surface area contributed by atoms with E-state index < -0.39 is 34.1 Å². The summed E-state index contributed by atoms with van der Waals surface area (Å²) in [6.07, 6.45) is 1.91. The van der Waals surface area contributed by atoms with Crippen molar-refractivity contribution in [1.82, 2.24) is 10.2 Å². The number of hydrogen-bond acceptors (Lipinski definition) is 6. The molecule has 0 saturated heterocycles. The van der Waals surface area contributed by atoms with Gasteiger partial charge in [0.05, 0.1) is 17.2 Å². The summed E-state index contributed by atoms with van der Waals surface area (Å²) < 4.78 is 34.7. The number of amides is 2. The largest absolute Gasteiger partial charge is 0.494 e. The summed E-state index contributed by atoms with van der Waals surface area (Å²) in [5.41, 5.74) is 1.65. The molecule has 0 radical (unpaired) electrons. The van der Waals surface area contributed by atoms with E-state index in [1.54, 1.807) is 43.3 Å². The van der Waals surface area contributed by atoms with Crippen molar-refractivity contribution in [2.75, 3.05) is 23.7 Å². The van der Waals surface area contributed by atoms with Crippen LogP contribution in [0.5, 0.6) is 5.75 Å². The molecule has 8 nitrogen and oxygen atoms in total. The van der Waals surface area contributed by atoms with Crippen LogP contribution in [0.3, 0.4) is 0 Å². The number of carbonyl (C=O) groups excluding carboxylic acids is 2. The molecule has 10 heteroatoms. The van der Waals surface area contributed by atoms with Gasteiger partial charge < -0.3 is 15.0 Å². The highest BCUT2D eigenvalue weighted by Gasteiger charge is 2.33. The van der Waals surface area contributed by atoms with Crippen LogP contribution in [0.25, 0.3) is 0 Å². The normalized spacial score (nSPS) is 12.4. The van der Waals surface area contributed by atoms with Crippen LogP contribution >= 0.6 is 11.8 Å². The third kappa shape index (κ3) is 8.75. The highest BCUT2D eigenvalue weighted by atomic mass is 32.2. The minimum atomic E-state index is -4.15. The Morgan fingerprint density at radius 1 is 1.00 bits per heavy atom. The van der Waals surface area contributed by atoms with Gasteiger partial charge in [0.2, 0.25) is 11.8 Å². The van der Waals surface area contributed by atoms with E-state index >= 15 is 0 Å². The van der Waals surface area contributed by atoms with Crippen molar-refractivity contribution in [3.05, 3.63) is 83.9 Å². The molecule has 3 aromatic carbocycles. The zero-order valence-electron chi connectivity index (χ0n) is 25.4. The second kappa shape index (κ2) is 14.1. The van der Waals surface area contributed by atoms with Crippen LogP contribution in [-0.4, -0.2) is 56.1 Å². The van der Waals surface area contributed by atoms with E-state index in [9.17, 15) is 18.0 Å². The molecule has 226 valence electrons. The van der Waals surface area contributed by atoms with Crippen molar-refractivity contribution in [2.45, 2.75) is 69.5 Å². The zero-order valence-corrected chi connectivity index (χ0v) is 27.0. The second-order valence-corrected chi connectivity index (χ2v) is 13.8. The van der Waals surface area contributed by atoms with Crippen LogP contribution in [0.4, 0.5) is 5.69 Å². The van der Waals surface area contributed by atoms with Gasteiger partial charge in [0.15, 0.2) is 0 Å². The summed E-state index contributed by atoms with van der Waals surface area (Å²) in [5, 5.41) is 2.94. The lowest BCUT2D eigenvalue weighted by atomic mass is 10.1. The first kappa shape index (κ1) is 33.0. The van der Waals surface area contributed by atoms with E-state index in [0.29, 0.717) is 18.0 Å². The Bertz CT molecular complexity index is 1470. The lowest BCUT2D eigenvalue weighted by Gasteiger charge is -2.33. The van der Waals surface area contributed by atoms with Crippen LogP contribution in [0.15, 0.2) is 82.6 Å². The van der Waals surface area contributed by atoms with Crippen LogP contribution in [0.2, 0.25) is 0 Å². The van der Waals surface area contributed by atoms with Crippen molar-refractivity contribution in [2.24, 2.45) is 0 Å².